The van der Waals surface area contributed by atoms with E-state index in [4.69, 9.17) is 5.84 Å². The Kier molecular flexibility index (Phi) is 2.95. The van der Waals surface area contributed by atoms with E-state index >= 15 is 0 Å². The van der Waals surface area contributed by atoms with Gasteiger partial charge in [0.05, 0.1) is 0 Å². The molecule has 0 amide bonds. The Morgan fingerprint density at radius 3 is 2.89 bits per heavy atom. The summed E-state index contributed by atoms with van der Waals surface area (Å²) in [6, 6.07) is 0. The number of nitrogen functional groups attached to an aromatic ring is 1. The van der Waals surface area contributed by atoms with Gasteiger partial charge in [-0.3, -0.25) is 5.43 Å². The zero-order valence-corrected chi connectivity index (χ0v) is 10.6. The third-order valence-corrected chi connectivity index (χ3v) is 2.93. The van der Waals surface area contributed by atoms with E-state index in [1.807, 2.05) is 11.9 Å². The van der Waals surface area contributed by atoms with Gasteiger partial charge >= 0.3 is 0 Å². The van der Waals surface area contributed by atoms with E-state index in [-0.39, 0.29) is 0 Å². The molecular weight excluding hydrogens is 246 g/mol. The fraction of sp³-hybridized carbons (Fsp3) is 0.500. The van der Waals surface area contributed by atoms with Crippen LogP contribution >= 0.6 is 0 Å². The molecule has 0 saturated heterocycles. The highest BCUT2D eigenvalue weighted by Crippen LogP contribution is 2.30. The van der Waals surface area contributed by atoms with Crippen LogP contribution in [0, 0.1) is 5.92 Å². The number of hydrogen-bond donors (Lipinski definition) is 2. The van der Waals surface area contributed by atoms with Crippen LogP contribution < -0.4 is 16.2 Å². The SMILES string of the molecule is CN(CC1CC1)c1nc(NN)nc(-n2cncn2)n1. The second-order valence-corrected chi connectivity index (χ2v) is 4.57. The number of nitrogens with two attached hydrogens (primary N) is 1. The van der Waals surface area contributed by atoms with E-state index in [0.717, 1.165) is 12.5 Å². The topological polar surface area (TPSA) is 111 Å². The summed E-state index contributed by atoms with van der Waals surface area (Å²) in [5.74, 6) is 7.39. The van der Waals surface area contributed by atoms with Crippen LogP contribution in [0.25, 0.3) is 5.95 Å². The summed E-state index contributed by atoms with van der Waals surface area (Å²) >= 11 is 0. The normalized spacial score (nSPS) is 14.4. The maximum atomic E-state index is 5.39. The molecule has 2 aromatic heterocycles. The fourth-order valence-electron chi connectivity index (χ4n) is 1.77. The van der Waals surface area contributed by atoms with E-state index in [9.17, 15) is 0 Å². The predicted octanol–water partition coefficient (Wildman–Crippen LogP) is -0.416. The number of anilines is 2. The molecule has 1 fully saturated rings. The second-order valence-electron chi connectivity index (χ2n) is 4.57. The van der Waals surface area contributed by atoms with Crippen molar-refractivity contribution >= 4 is 11.9 Å². The van der Waals surface area contributed by atoms with Gasteiger partial charge in [-0.15, -0.1) is 0 Å². The van der Waals surface area contributed by atoms with Crippen molar-refractivity contribution in [1.29, 1.82) is 0 Å². The van der Waals surface area contributed by atoms with Crippen LogP contribution in [0.3, 0.4) is 0 Å². The smallest absolute Gasteiger partial charge is 0.258 e. The van der Waals surface area contributed by atoms with Crippen molar-refractivity contribution in [3.8, 4) is 5.95 Å². The first-order chi connectivity index (χ1) is 9.26. The maximum Gasteiger partial charge on any atom is 0.258 e. The second kappa shape index (κ2) is 4.76. The van der Waals surface area contributed by atoms with E-state index in [1.165, 1.54) is 30.2 Å². The molecule has 0 radical (unpaired) electrons. The Hall–Kier alpha value is -2.29. The van der Waals surface area contributed by atoms with Crippen LogP contribution in [0.1, 0.15) is 12.8 Å². The number of nitrogens with zero attached hydrogens (tertiary/aromatic N) is 7. The molecule has 19 heavy (non-hydrogen) atoms. The number of hydrogen-bond acceptors (Lipinski definition) is 8. The van der Waals surface area contributed by atoms with E-state index < -0.39 is 0 Å². The summed E-state index contributed by atoms with van der Waals surface area (Å²) in [6.45, 7) is 0.935. The summed E-state index contributed by atoms with van der Waals surface area (Å²) in [5.41, 5.74) is 2.44. The number of nitrogens with one attached hydrogen (secondary N) is 1. The molecule has 1 aliphatic carbocycles. The fourth-order valence-corrected chi connectivity index (χ4v) is 1.77. The van der Waals surface area contributed by atoms with Crippen molar-refractivity contribution in [1.82, 2.24) is 29.7 Å². The lowest BCUT2D eigenvalue weighted by Crippen LogP contribution is -2.25. The lowest BCUT2D eigenvalue weighted by molar-refractivity contribution is 0.739. The van der Waals surface area contributed by atoms with Crippen molar-refractivity contribution in [2.75, 3.05) is 23.9 Å². The molecule has 0 atom stereocenters. The first-order valence-corrected chi connectivity index (χ1v) is 6.05. The van der Waals surface area contributed by atoms with Gasteiger partial charge in [0.2, 0.25) is 11.9 Å². The molecule has 3 rings (SSSR count). The lowest BCUT2D eigenvalue weighted by Gasteiger charge is -2.17. The Morgan fingerprint density at radius 1 is 1.42 bits per heavy atom. The van der Waals surface area contributed by atoms with Gasteiger partial charge in [0.25, 0.3) is 5.95 Å². The summed E-state index contributed by atoms with van der Waals surface area (Å²) in [4.78, 5) is 18.6. The summed E-state index contributed by atoms with van der Waals surface area (Å²) in [6.07, 6.45) is 5.49. The zero-order valence-electron chi connectivity index (χ0n) is 10.6. The molecular formula is C10H15N9. The standard InChI is InChI=1S/C10H15N9/c1-18(4-7-2-3-7)9-14-8(17-11)15-10(16-9)19-6-12-5-13-19/h5-7H,2-4,11H2,1H3,(H,14,15,16,17). The van der Waals surface area contributed by atoms with Gasteiger partial charge in [-0.2, -0.15) is 24.7 Å². The molecule has 0 unspecified atom stereocenters. The number of rotatable bonds is 5. The molecule has 1 saturated carbocycles. The average Bonchev–Trinajstić information content (AvgIpc) is 3.08. The molecule has 0 aromatic carbocycles. The summed E-state index contributed by atoms with van der Waals surface area (Å²) < 4.78 is 1.47. The first kappa shape index (κ1) is 11.8. The molecule has 1 aliphatic rings. The molecule has 0 bridgehead atoms. The van der Waals surface area contributed by atoms with Gasteiger partial charge in [-0.1, -0.05) is 0 Å². The van der Waals surface area contributed by atoms with E-state index in [0.29, 0.717) is 17.8 Å². The van der Waals surface area contributed by atoms with Gasteiger partial charge in [-0.25, -0.2) is 10.8 Å². The van der Waals surface area contributed by atoms with Crippen molar-refractivity contribution in [3.63, 3.8) is 0 Å². The number of aromatic nitrogens is 6. The number of hydrazine groups is 1. The van der Waals surface area contributed by atoms with Gasteiger partial charge in [0.15, 0.2) is 0 Å². The van der Waals surface area contributed by atoms with Crippen LogP contribution in [0.5, 0.6) is 0 Å². The van der Waals surface area contributed by atoms with Gasteiger partial charge < -0.3 is 4.90 Å². The molecule has 9 nitrogen and oxygen atoms in total. The van der Waals surface area contributed by atoms with Crippen LogP contribution in [0.4, 0.5) is 11.9 Å². The summed E-state index contributed by atoms with van der Waals surface area (Å²) in [7, 11) is 1.96. The highest BCUT2D eigenvalue weighted by Gasteiger charge is 2.24. The highest BCUT2D eigenvalue weighted by atomic mass is 15.4. The molecule has 100 valence electrons. The minimum absolute atomic E-state index is 0.304. The minimum atomic E-state index is 0.304. The Bertz CT molecular complexity index is 548. The zero-order chi connectivity index (χ0) is 13.2. The molecule has 0 spiro atoms. The molecule has 3 N–H and O–H groups in total. The van der Waals surface area contributed by atoms with Crippen molar-refractivity contribution < 1.29 is 0 Å². The quantitative estimate of drug-likeness (QED) is 0.551. The van der Waals surface area contributed by atoms with Crippen molar-refractivity contribution in [2.45, 2.75) is 12.8 Å². The third-order valence-electron chi connectivity index (χ3n) is 2.93. The maximum absolute atomic E-state index is 5.39. The third kappa shape index (κ3) is 2.60. The van der Waals surface area contributed by atoms with Gasteiger partial charge in [-0.05, 0) is 18.8 Å². The van der Waals surface area contributed by atoms with Crippen LogP contribution in [0.15, 0.2) is 12.7 Å². The lowest BCUT2D eigenvalue weighted by atomic mass is 10.4. The largest absolute Gasteiger partial charge is 0.343 e. The monoisotopic (exact) mass is 261 g/mol. The average molecular weight is 261 g/mol. The van der Waals surface area contributed by atoms with Gasteiger partial charge in [0.1, 0.15) is 12.7 Å². The Balaban J connectivity index is 1.92. The molecule has 2 aromatic rings. The minimum Gasteiger partial charge on any atom is -0.343 e. The van der Waals surface area contributed by atoms with Crippen molar-refractivity contribution in [3.05, 3.63) is 12.7 Å². The summed E-state index contributed by atoms with van der Waals surface area (Å²) in [5, 5.41) is 4.00. The highest BCUT2D eigenvalue weighted by molar-refractivity contribution is 5.38. The van der Waals surface area contributed by atoms with Crippen LogP contribution in [-0.4, -0.2) is 43.3 Å². The van der Waals surface area contributed by atoms with Crippen molar-refractivity contribution in [2.24, 2.45) is 11.8 Å². The predicted molar refractivity (Wildman–Crippen MR) is 68.5 cm³/mol. The Labute approximate surface area is 109 Å². The Morgan fingerprint density at radius 2 is 2.26 bits per heavy atom. The first-order valence-electron chi connectivity index (χ1n) is 6.05. The van der Waals surface area contributed by atoms with Crippen LogP contribution in [-0.2, 0) is 0 Å². The molecule has 0 aliphatic heterocycles. The van der Waals surface area contributed by atoms with E-state index in [2.05, 4.69) is 30.5 Å². The van der Waals surface area contributed by atoms with Crippen LogP contribution in [0.2, 0.25) is 0 Å². The van der Waals surface area contributed by atoms with E-state index in [1.54, 1.807) is 0 Å². The molecule has 9 heteroatoms. The molecule has 2 heterocycles. The van der Waals surface area contributed by atoms with Gasteiger partial charge in [0, 0.05) is 13.6 Å².